The van der Waals surface area contributed by atoms with Crippen LogP contribution in [0.3, 0.4) is 0 Å². The molecule has 0 aliphatic carbocycles. The Labute approximate surface area is 139 Å². The van der Waals surface area contributed by atoms with E-state index in [1.165, 1.54) is 6.08 Å². The van der Waals surface area contributed by atoms with Crippen LogP contribution in [0.25, 0.3) is 28.1 Å². The van der Waals surface area contributed by atoms with Crippen molar-refractivity contribution < 1.29 is 9.90 Å². The largest absolute Gasteiger partial charge is 0.477 e. The van der Waals surface area contributed by atoms with Crippen molar-refractivity contribution in [1.82, 2.24) is 4.98 Å². The second-order valence-corrected chi connectivity index (χ2v) is 5.78. The molecule has 0 radical (unpaired) electrons. The van der Waals surface area contributed by atoms with Crippen molar-refractivity contribution in [2.24, 2.45) is 0 Å². The highest BCUT2D eigenvalue weighted by molar-refractivity contribution is 5.97. The summed E-state index contributed by atoms with van der Waals surface area (Å²) < 4.78 is 0. The van der Waals surface area contributed by atoms with Gasteiger partial charge in [-0.3, -0.25) is 0 Å². The maximum absolute atomic E-state index is 11.0. The molecule has 0 atom stereocenters. The Morgan fingerprint density at radius 1 is 1.17 bits per heavy atom. The first-order valence-electron chi connectivity index (χ1n) is 7.53. The molecule has 2 N–H and O–H groups in total. The number of rotatable bonds is 3. The van der Waals surface area contributed by atoms with Crippen molar-refractivity contribution in [2.45, 2.75) is 13.8 Å². The summed E-state index contributed by atoms with van der Waals surface area (Å²) in [6.45, 7) is 3.90. The normalized spacial score (nSPS) is 11.5. The second kappa shape index (κ2) is 6.05. The number of nitriles is 1. The summed E-state index contributed by atoms with van der Waals surface area (Å²) in [6, 6.07) is 13.9. The lowest BCUT2D eigenvalue weighted by Gasteiger charge is -2.11. The van der Waals surface area contributed by atoms with Gasteiger partial charge in [0.05, 0.1) is 0 Å². The number of carbonyl (C=O) groups is 1. The molecule has 0 fully saturated rings. The Kier molecular flexibility index (Phi) is 3.93. The standard InChI is InChI=1S/C20H16N2O2/c1-12-8-18(14-3-4-19-15(9-14)5-6-22-19)13(2)7-16(12)10-17(11-21)20(23)24/h3-10,22H,1-2H3,(H,23,24). The summed E-state index contributed by atoms with van der Waals surface area (Å²) in [5, 5.41) is 19.1. The highest BCUT2D eigenvalue weighted by atomic mass is 16.4. The second-order valence-electron chi connectivity index (χ2n) is 5.78. The number of benzene rings is 2. The molecule has 0 aliphatic rings. The number of aliphatic carboxylic acids is 1. The lowest BCUT2D eigenvalue weighted by molar-refractivity contribution is -0.132. The molecule has 0 aliphatic heterocycles. The van der Waals surface area contributed by atoms with Crippen molar-refractivity contribution in [3.63, 3.8) is 0 Å². The van der Waals surface area contributed by atoms with Crippen molar-refractivity contribution in [2.75, 3.05) is 0 Å². The Hall–Kier alpha value is -3.32. The van der Waals surface area contributed by atoms with E-state index in [0.717, 1.165) is 38.7 Å². The van der Waals surface area contributed by atoms with Crippen LogP contribution in [0.15, 0.2) is 48.2 Å². The van der Waals surface area contributed by atoms with Gasteiger partial charge in [0.15, 0.2) is 0 Å². The van der Waals surface area contributed by atoms with Crippen LogP contribution >= 0.6 is 0 Å². The van der Waals surface area contributed by atoms with Crippen LogP contribution in [0.5, 0.6) is 0 Å². The van der Waals surface area contributed by atoms with Gasteiger partial charge in [0.25, 0.3) is 0 Å². The molecule has 0 bridgehead atoms. The SMILES string of the molecule is Cc1cc(-c2ccc3[nH]ccc3c2)c(C)cc1C=C(C#N)C(=O)O. The monoisotopic (exact) mass is 316 g/mol. The molecular formula is C20H16N2O2. The third kappa shape index (κ3) is 2.80. The predicted octanol–water partition coefficient (Wildman–Crippen LogP) is 4.44. The zero-order chi connectivity index (χ0) is 17.3. The first-order valence-corrected chi connectivity index (χ1v) is 7.53. The van der Waals surface area contributed by atoms with E-state index in [9.17, 15) is 4.79 Å². The first-order chi connectivity index (χ1) is 11.5. The highest BCUT2D eigenvalue weighted by Crippen LogP contribution is 2.29. The number of aryl methyl sites for hydroxylation is 2. The third-order valence-electron chi connectivity index (χ3n) is 4.13. The maximum atomic E-state index is 11.0. The number of nitrogens with zero attached hydrogens (tertiary/aromatic N) is 1. The maximum Gasteiger partial charge on any atom is 0.346 e. The Morgan fingerprint density at radius 2 is 1.96 bits per heavy atom. The molecule has 3 rings (SSSR count). The van der Waals surface area contributed by atoms with Crippen molar-refractivity contribution in [3.05, 3.63) is 64.9 Å². The van der Waals surface area contributed by atoms with Crippen LogP contribution in [0.4, 0.5) is 0 Å². The predicted molar refractivity (Wildman–Crippen MR) is 94.4 cm³/mol. The van der Waals surface area contributed by atoms with Crippen LogP contribution in [-0.4, -0.2) is 16.1 Å². The van der Waals surface area contributed by atoms with E-state index in [1.807, 2.05) is 44.3 Å². The van der Waals surface area contributed by atoms with Crippen LogP contribution in [0.1, 0.15) is 16.7 Å². The van der Waals surface area contributed by atoms with E-state index in [-0.39, 0.29) is 5.57 Å². The smallest absolute Gasteiger partial charge is 0.346 e. The van der Waals surface area contributed by atoms with E-state index < -0.39 is 5.97 Å². The Balaban J connectivity index is 2.10. The number of nitrogens with one attached hydrogen (secondary N) is 1. The Morgan fingerprint density at radius 3 is 2.67 bits per heavy atom. The van der Waals surface area contributed by atoms with Gasteiger partial charge < -0.3 is 10.1 Å². The molecule has 0 unspecified atom stereocenters. The van der Waals surface area contributed by atoms with Gasteiger partial charge >= 0.3 is 5.97 Å². The fourth-order valence-electron chi connectivity index (χ4n) is 2.82. The summed E-state index contributed by atoms with van der Waals surface area (Å²) in [6.07, 6.45) is 3.33. The van der Waals surface area contributed by atoms with Crippen molar-refractivity contribution in [1.29, 1.82) is 5.26 Å². The fourth-order valence-corrected chi connectivity index (χ4v) is 2.82. The van der Waals surface area contributed by atoms with Crippen LogP contribution < -0.4 is 0 Å². The average Bonchev–Trinajstić information content (AvgIpc) is 3.02. The van der Waals surface area contributed by atoms with Crippen LogP contribution in [0, 0.1) is 25.2 Å². The summed E-state index contributed by atoms with van der Waals surface area (Å²) in [5.74, 6) is -1.21. The minimum absolute atomic E-state index is 0.265. The number of fused-ring (bicyclic) bond motifs is 1. The van der Waals surface area contributed by atoms with E-state index in [0.29, 0.717) is 0 Å². The van der Waals surface area contributed by atoms with E-state index >= 15 is 0 Å². The molecule has 0 spiro atoms. The molecule has 4 nitrogen and oxygen atoms in total. The van der Waals surface area contributed by atoms with Gasteiger partial charge in [-0.25, -0.2) is 4.79 Å². The zero-order valence-electron chi connectivity index (χ0n) is 13.4. The highest BCUT2D eigenvalue weighted by Gasteiger charge is 2.10. The summed E-state index contributed by atoms with van der Waals surface area (Å²) in [5.41, 5.74) is 5.74. The molecule has 2 aromatic carbocycles. The molecule has 0 amide bonds. The van der Waals surface area contributed by atoms with Crippen molar-refractivity contribution >= 4 is 22.9 Å². The fraction of sp³-hybridized carbons (Fsp3) is 0.100. The van der Waals surface area contributed by atoms with E-state index in [2.05, 4.69) is 17.1 Å². The van der Waals surface area contributed by atoms with Crippen LogP contribution in [-0.2, 0) is 4.79 Å². The molecule has 1 aromatic heterocycles. The first kappa shape index (κ1) is 15.6. The molecule has 1 heterocycles. The summed E-state index contributed by atoms with van der Waals surface area (Å²) in [7, 11) is 0. The summed E-state index contributed by atoms with van der Waals surface area (Å²) >= 11 is 0. The number of carboxylic acids is 1. The number of hydrogen-bond donors (Lipinski definition) is 2. The van der Waals surface area contributed by atoms with Gasteiger partial charge in [-0.2, -0.15) is 5.26 Å². The van der Waals surface area contributed by atoms with Gasteiger partial charge in [0.2, 0.25) is 0 Å². The minimum Gasteiger partial charge on any atom is -0.477 e. The van der Waals surface area contributed by atoms with Crippen LogP contribution in [0.2, 0.25) is 0 Å². The van der Waals surface area contributed by atoms with Gasteiger partial charge in [-0.15, -0.1) is 0 Å². The number of aromatic amines is 1. The third-order valence-corrected chi connectivity index (χ3v) is 4.13. The molecule has 4 heteroatoms. The van der Waals surface area contributed by atoms with E-state index in [1.54, 1.807) is 6.07 Å². The number of hydrogen-bond acceptors (Lipinski definition) is 2. The molecule has 3 aromatic rings. The number of H-pyrrole nitrogens is 1. The quantitative estimate of drug-likeness (QED) is 0.554. The number of aromatic nitrogens is 1. The van der Waals surface area contributed by atoms with Gasteiger partial charge in [0, 0.05) is 11.7 Å². The topological polar surface area (TPSA) is 76.9 Å². The lowest BCUT2D eigenvalue weighted by Crippen LogP contribution is -1.98. The minimum atomic E-state index is -1.21. The molecule has 0 saturated carbocycles. The molecule has 118 valence electrons. The van der Waals surface area contributed by atoms with Gasteiger partial charge in [-0.05, 0) is 71.3 Å². The molecule has 24 heavy (non-hydrogen) atoms. The van der Waals surface area contributed by atoms with Gasteiger partial charge in [0.1, 0.15) is 11.6 Å². The van der Waals surface area contributed by atoms with E-state index in [4.69, 9.17) is 10.4 Å². The molecule has 0 saturated heterocycles. The average molecular weight is 316 g/mol. The Bertz CT molecular complexity index is 1020. The zero-order valence-corrected chi connectivity index (χ0v) is 13.4. The number of carboxylic acid groups (broad SMARTS) is 1. The van der Waals surface area contributed by atoms with Gasteiger partial charge in [-0.1, -0.05) is 18.2 Å². The van der Waals surface area contributed by atoms with Crippen molar-refractivity contribution in [3.8, 4) is 17.2 Å². The lowest BCUT2D eigenvalue weighted by atomic mass is 9.93. The summed E-state index contributed by atoms with van der Waals surface area (Å²) in [4.78, 5) is 14.2. The molecular weight excluding hydrogens is 300 g/mol.